The summed E-state index contributed by atoms with van der Waals surface area (Å²) in [4.78, 5) is 10.6. The molecule has 0 amide bonds. The van der Waals surface area contributed by atoms with Gasteiger partial charge in [-0.05, 0) is 19.4 Å². The van der Waals surface area contributed by atoms with Gasteiger partial charge in [0.25, 0.3) is 5.69 Å². The summed E-state index contributed by atoms with van der Waals surface area (Å²) in [5.41, 5.74) is 0.885. The van der Waals surface area contributed by atoms with Gasteiger partial charge in [-0.2, -0.15) is 0 Å². The summed E-state index contributed by atoms with van der Waals surface area (Å²) in [5, 5.41) is 24.7. The first-order valence-electron chi connectivity index (χ1n) is 7.20. The molecule has 0 radical (unpaired) electrons. The van der Waals surface area contributed by atoms with Crippen molar-refractivity contribution in [3.05, 3.63) is 39.4 Å². The van der Waals surface area contributed by atoms with Gasteiger partial charge in [0.15, 0.2) is 0 Å². The summed E-state index contributed by atoms with van der Waals surface area (Å²) in [6.45, 7) is 5.27. The lowest BCUT2D eigenvalue weighted by molar-refractivity contribution is -0.385. The molecule has 1 unspecified atom stereocenters. The Bertz CT molecular complexity index is 512. The third-order valence-electron chi connectivity index (χ3n) is 4.09. The smallest absolute Gasteiger partial charge is 0.272 e. The van der Waals surface area contributed by atoms with Crippen LogP contribution in [0.2, 0.25) is 0 Å². The SMILES string of the molecule is Cc1ccc(C(C)NCC2(O)CCOCC2)cc1[N+](=O)[O-]. The van der Waals surface area contributed by atoms with Gasteiger partial charge >= 0.3 is 0 Å². The normalized spacial score (nSPS) is 19.2. The number of aliphatic hydroxyl groups is 1. The minimum Gasteiger partial charge on any atom is -0.388 e. The second-order valence-electron chi connectivity index (χ2n) is 5.74. The molecule has 6 nitrogen and oxygen atoms in total. The first-order valence-corrected chi connectivity index (χ1v) is 7.20. The van der Waals surface area contributed by atoms with Crippen LogP contribution in [-0.2, 0) is 4.74 Å². The number of ether oxygens (including phenoxy) is 1. The van der Waals surface area contributed by atoms with E-state index >= 15 is 0 Å². The van der Waals surface area contributed by atoms with Crippen molar-refractivity contribution in [3.8, 4) is 0 Å². The van der Waals surface area contributed by atoms with E-state index in [0.29, 0.717) is 38.2 Å². The molecule has 1 aliphatic rings. The molecular weight excluding hydrogens is 272 g/mol. The molecule has 0 aliphatic carbocycles. The Balaban J connectivity index is 2.01. The zero-order valence-electron chi connectivity index (χ0n) is 12.5. The van der Waals surface area contributed by atoms with Crippen molar-refractivity contribution in [1.82, 2.24) is 5.32 Å². The van der Waals surface area contributed by atoms with Gasteiger partial charge in [-0.1, -0.05) is 12.1 Å². The average molecular weight is 294 g/mol. The Morgan fingerprint density at radius 1 is 1.48 bits per heavy atom. The minimum absolute atomic E-state index is 0.0591. The van der Waals surface area contributed by atoms with E-state index in [4.69, 9.17) is 4.74 Å². The Morgan fingerprint density at radius 2 is 2.14 bits per heavy atom. The lowest BCUT2D eigenvalue weighted by atomic mass is 9.93. The molecule has 21 heavy (non-hydrogen) atoms. The predicted molar refractivity (Wildman–Crippen MR) is 79.3 cm³/mol. The van der Waals surface area contributed by atoms with E-state index in [2.05, 4.69) is 5.32 Å². The number of rotatable bonds is 5. The maximum atomic E-state index is 11.0. The van der Waals surface area contributed by atoms with E-state index in [1.54, 1.807) is 19.1 Å². The molecule has 2 rings (SSSR count). The van der Waals surface area contributed by atoms with Crippen molar-refractivity contribution in [1.29, 1.82) is 0 Å². The summed E-state index contributed by atoms with van der Waals surface area (Å²) in [7, 11) is 0. The third kappa shape index (κ3) is 4.00. The Hall–Kier alpha value is -1.50. The number of nitrogens with one attached hydrogen (secondary N) is 1. The Morgan fingerprint density at radius 3 is 2.76 bits per heavy atom. The van der Waals surface area contributed by atoms with E-state index in [0.717, 1.165) is 5.56 Å². The fourth-order valence-electron chi connectivity index (χ4n) is 2.48. The highest BCUT2D eigenvalue weighted by Crippen LogP contribution is 2.25. The molecule has 0 spiro atoms. The maximum absolute atomic E-state index is 11.0. The molecule has 0 bridgehead atoms. The predicted octanol–water partition coefficient (Wildman–Crippen LogP) is 2.10. The van der Waals surface area contributed by atoms with Crippen LogP contribution in [0.25, 0.3) is 0 Å². The standard InChI is InChI=1S/C15H22N2O4/c1-11-3-4-13(9-14(11)17(19)20)12(2)16-10-15(18)5-7-21-8-6-15/h3-4,9,12,16,18H,5-8,10H2,1-2H3. The number of nitro benzene ring substituents is 1. The molecule has 6 heteroatoms. The first kappa shape index (κ1) is 15.9. The largest absolute Gasteiger partial charge is 0.388 e. The van der Waals surface area contributed by atoms with Crippen molar-refractivity contribution in [3.63, 3.8) is 0 Å². The second-order valence-corrected chi connectivity index (χ2v) is 5.74. The molecule has 0 saturated carbocycles. The zero-order chi connectivity index (χ0) is 15.5. The maximum Gasteiger partial charge on any atom is 0.272 e. The first-order chi connectivity index (χ1) is 9.91. The van der Waals surface area contributed by atoms with Crippen molar-refractivity contribution in [2.45, 2.75) is 38.3 Å². The molecule has 2 N–H and O–H groups in total. The molecule has 1 aliphatic heterocycles. The van der Waals surface area contributed by atoms with Crippen LogP contribution < -0.4 is 5.32 Å². The fourth-order valence-corrected chi connectivity index (χ4v) is 2.48. The Labute approximate surface area is 124 Å². The highest BCUT2D eigenvalue weighted by Gasteiger charge is 2.30. The lowest BCUT2D eigenvalue weighted by Gasteiger charge is -2.33. The molecule has 1 aromatic carbocycles. The molecule has 116 valence electrons. The number of nitrogens with zero attached hydrogens (tertiary/aromatic N) is 1. The summed E-state index contributed by atoms with van der Waals surface area (Å²) in [5.74, 6) is 0. The molecule has 1 aromatic rings. The van der Waals surface area contributed by atoms with Gasteiger partial charge in [0, 0.05) is 50.3 Å². The van der Waals surface area contributed by atoms with Crippen LogP contribution in [0, 0.1) is 17.0 Å². The summed E-state index contributed by atoms with van der Waals surface area (Å²) in [6.07, 6.45) is 1.22. The number of hydrogen-bond acceptors (Lipinski definition) is 5. The van der Waals surface area contributed by atoms with E-state index in [1.807, 2.05) is 13.0 Å². The van der Waals surface area contributed by atoms with Gasteiger partial charge in [-0.15, -0.1) is 0 Å². The second kappa shape index (κ2) is 6.51. The Kier molecular flexibility index (Phi) is 4.92. The number of benzene rings is 1. The topological polar surface area (TPSA) is 84.6 Å². The lowest BCUT2D eigenvalue weighted by Crippen LogP contribution is -2.45. The van der Waals surface area contributed by atoms with Crippen molar-refractivity contribution in [2.24, 2.45) is 0 Å². The summed E-state index contributed by atoms with van der Waals surface area (Å²) >= 11 is 0. The van der Waals surface area contributed by atoms with Crippen molar-refractivity contribution in [2.75, 3.05) is 19.8 Å². The van der Waals surface area contributed by atoms with Crippen LogP contribution in [0.1, 0.15) is 36.9 Å². The van der Waals surface area contributed by atoms with Gasteiger partial charge < -0.3 is 15.2 Å². The monoisotopic (exact) mass is 294 g/mol. The van der Waals surface area contributed by atoms with Gasteiger partial charge in [-0.3, -0.25) is 10.1 Å². The molecule has 1 saturated heterocycles. The van der Waals surface area contributed by atoms with Crippen LogP contribution in [0.5, 0.6) is 0 Å². The van der Waals surface area contributed by atoms with Gasteiger partial charge in [0.2, 0.25) is 0 Å². The minimum atomic E-state index is -0.747. The van der Waals surface area contributed by atoms with E-state index < -0.39 is 5.60 Å². The highest BCUT2D eigenvalue weighted by atomic mass is 16.6. The number of nitro groups is 1. The van der Waals surface area contributed by atoms with Gasteiger partial charge in [0.05, 0.1) is 10.5 Å². The molecule has 1 heterocycles. The van der Waals surface area contributed by atoms with Gasteiger partial charge in [0.1, 0.15) is 0 Å². The van der Waals surface area contributed by atoms with Crippen molar-refractivity contribution < 1.29 is 14.8 Å². The van der Waals surface area contributed by atoms with Crippen LogP contribution in [0.3, 0.4) is 0 Å². The zero-order valence-corrected chi connectivity index (χ0v) is 12.5. The van der Waals surface area contributed by atoms with Crippen LogP contribution in [-0.4, -0.2) is 35.4 Å². The van der Waals surface area contributed by atoms with Gasteiger partial charge in [-0.25, -0.2) is 0 Å². The number of aryl methyl sites for hydroxylation is 1. The highest BCUT2D eigenvalue weighted by molar-refractivity contribution is 5.43. The summed E-state index contributed by atoms with van der Waals surface area (Å²) in [6, 6.07) is 5.18. The average Bonchev–Trinajstić information content (AvgIpc) is 2.46. The van der Waals surface area contributed by atoms with Crippen LogP contribution in [0.15, 0.2) is 18.2 Å². The molecule has 1 fully saturated rings. The fraction of sp³-hybridized carbons (Fsp3) is 0.600. The quantitative estimate of drug-likeness (QED) is 0.641. The van der Waals surface area contributed by atoms with Crippen molar-refractivity contribution >= 4 is 5.69 Å². The van der Waals surface area contributed by atoms with E-state index in [-0.39, 0.29) is 16.7 Å². The van der Waals surface area contributed by atoms with E-state index in [1.165, 1.54) is 0 Å². The van der Waals surface area contributed by atoms with Crippen LogP contribution >= 0.6 is 0 Å². The molecule has 0 aromatic heterocycles. The van der Waals surface area contributed by atoms with E-state index in [9.17, 15) is 15.2 Å². The molecule has 1 atom stereocenters. The summed E-state index contributed by atoms with van der Waals surface area (Å²) < 4.78 is 5.25. The van der Waals surface area contributed by atoms with Crippen LogP contribution in [0.4, 0.5) is 5.69 Å². The third-order valence-corrected chi connectivity index (χ3v) is 4.09. The molecular formula is C15H22N2O4. The number of hydrogen-bond donors (Lipinski definition) is 2.